The van der Waals surface area contributed by atoms with Crippen molar-refractivity contribution < 1.29 is 9.53 Å². The third-order valence-corrected chi connectivity index (χ3v) is 3.15. The number of anilines is 1. The molecule has 0 aliphatic heterocycles. The van der Waals surface area contributed by atoms with Gasteiger partial charge in [0.25, 0.3) is 0 Å². The van der Waals surface area contributed by atoms with E-state index >= 15 is 0 Å². The molecule has 0 unspecified atom stereocenters. The summed E-state index contributed by atoms with van der Waals surface area (Å²) >= 11 is 0. The van der Waals surface area contributed by atoms with E-state index in [9.17, 15) is 4.79 Å². The lowest BCUT2D eigenvalue weighted by molar-refractivity contribution is -0.116. The lowest BCUT2D eigenvalue weighted by Crippen LogP contribution is -2.11. The van der Waals surface area contributed by atoms with Crippen LogP contribution in [0.15, 0.2) is 24.3 Å². The quantitative estimate of drug-likeness (QED) is 0.639. The Morgan fingerprint density at radius 3 is 2.65 bits per heavy atom. The van der Waals surface area contributed by atoms with Crippen LogP contribution in [0.2, 0.25) is 0 Å². The highest BCUT2D eigenvalue weighted by Crippen LogP contribution is 2.18. The van der Waals surface area contributed by atoms with Crippen molar-refractivity contribution in [1.29, 1.82) is 0 Å². The van der Waals surface area contributed by atoms with E-state index < -0.39 is 0 Å². The number of H-pyrrole nitrogens is 1. The van der Waals surface area contributed by atoms with E-state index in [-0.39, 0.29) is 18.3 Å². The molecule has 0 fully saturated rings. The zero-order chi connectivity index (χ0) is 15.8. The molecule has 2 rings (SSSR count). The van der Waals surface area contributed by atoms with Gasteiger partial charge in [-0.15, -0.1) is 12.4 Å². The standard InChI is InChI=1S/C15H21N5O2.ClH/c1-22-9-3-2-4-14(21)17-12-7-5-11(6-8-12)15-18-13(10-16)19-20-15;/h5-8H,2-4,9-10,16H2,1H3,(H,17,21)(H,18,19,20);1H. The number of amides is 1. The van der Waals surface area contributed by atoms with Crippen molar-refractivity contribution in [3.63, 3.8) is 0 Å². The number of aromatic amines is 1. The number of hydrogen-bond donors (Lipinski definition) is 3. The first-order chi connectivity index (χ1) is 10.7. The fourth-order valence-corrected chi connectivity index (χ4v) is 1.97. The lowest BCUT2D eigenvalue weighted by atomic mass is 10.2. The average molecular weight is 340 g/mol. The minimum absolute atomic E-state index is 0. The van der Waals surface area contributed by atoms with Gasteiger partial charge in [-0.25, -0.2) is 4.98 Å². The molecule has 0 bridgehead atoms. The van der Waals surface area contributed by atoms with E-state index in [2.05, 4.69) is 20.5 Å². The van der Waals surface area contributed by atoms with E-state index in [1.807, 2.05) is 24.3 Å². The van der Waals surface area contributed by atoms with Crippen LogP contribution in [-0.4, -0.2) is 34.8 Å². The number of carbonyl (C=O) groups is 1. The van der Waals surface area contributed by atoms with Gasteiger partial charge < -0.3 is 15.8 Å². The number of nitrogens with zero attached hydrogens (tertiary/aromatic N) is 2. The molecular weight excluding hydrogens is 318 g/mol. The molecule has 7 nitrogen and oxygen atoms in total. The van der Waals surface area contributed by atoms with Crippen molar-refractivity contribution in [3.8, 4) is 11.4 Å². The normalized spacial score (nSPS) is 10.2. The maximum atomic E-state index is 11.8. The minimum atomic E-state index is 0. The zero-order valence-corrected chi connectivity index (χ0v) is 13.9. The van der Waals surface area contributed by atoms with Crippen molar-refractivity contribution in [1.82, 2.24) is 15.2 Å². The van der Waals surface area contributed by atoms with E-state index in [0.717, 1.165) is 24.1 Å². The molecule has 126 valence electrons. The van der Waals surface area contributed by atoms with Gasteiger partial charge in [-0.2, -0.15) is 5.10 Å². The van der Waals surface area contributed by atoms with E-state index in [1.165, 1.54) is 0 Å². The van der Waals surface area contributed by atoms with Gasteiger partial charge >= 0.3 is 0 Å². The van der Waals surface area contributed by atoms with Gasteiger partial charge in [0.2, 0.25) is 5.91 Å². The first-order valence-corrected chi connectivity index (χ1v) is 7.23. The lowest BCUT2D eigenvalue weighted by Gasteiger charge is -2.05. The Bertz CT molecular complexity index is 600. The van der Waals surface area contributed by atoms with Crippen LogP contribution in [-0.2, 0) is 16.1 Å². The number of halogens is 1. The Hall–Kier alpha value is -1.96. The number of methoxy groups -OCH3 is 1. The third-order valence-electron chi connectivity index (χ3n) is 3.15. The number of benzene rings is 1. The summed E-state index contributed by atoms with van der Waals surface area (Å²) in [6.45, 7) is 1.01. The van der Waals surface area contributed by atoms with Crippen LogP contribution in [0, 0.1) is 0 Å². The Labute approximate surface area is 141 Å². The molecule has 0 saturated carbocycles. The molecule has 0 saturated heterocycles. The summed E-state index contributed by atoms with van der Waals surface area (Å²) in [7, 11) is 1.66. The second kappa shape index (κ2) is 9.94. The molecule has 1 heterocycles. The highest BCUT2D eigenvalue weighted by Gasteiger charge is 2.06. The van der Waals surface area contributed by atoms with Crippen molar-refractivity contribution in [2.75, 3.05) is 19.0 Å². The summed E-state index contributed by atoms with van der Waals surface area (Å²) in [6, 6.07) is 7.40. The monoisotopic (exact) mass is 339 g/mol. The first-order valence-electron chi connectivity index (χ1n) is 7.23. The molecule has 0 aliphatic carbocycles. The summed E-state index contributed by atoms with van der Waals surface area (Å²) in [4.78, 5) is 16.0. The predicted octanol–water partition coefficient (Wildman–Crippen LogP) is 2.11. The fourth-order valence-electron chi connectivity index (χ4n) is 1.97. The summed E-state index contributed by atoms with van der Waals surface area (Å²) < 4.78 is 4.95. The molecule has 1 aromatic carbocycles. The number of aromatic nitrogens is 3. The van der Waals surface area contributed by atoms with Crippen LogP contribution < -0.4 is 11.1 Å². The van der Waals surface area contributed by atoms with E-state index in [1.54, 1.807) is 7.11 Å². The third kappa shape index (κ3) is 5.97. The van der Waals surface area contributed by atoms with Crippen LogP contribution >= 0.6 is 12.4 Å². The van der Waals surface area contributed by atoms with Gasteiger partial charge in [0.1, 0.15) is 5.82 Å². The number of carbonyl (C=O) groups excluding carboxylic acids is 1. The highest BCUT2D eigenvalue weighted by atomic mass is 35.5. The molecule has 0 spiro atoms. The summed E-state index contributed by atoms with van der Waals surface area (Å²) in [6.07, 6.45) is 2.19. The largest absolute Gasteiger partial charge is 0.385 e. The Kier molecular flexibility index (Phi) is 8.25. The Balaban J connectivity index is 0.00000264. The molecule has 0 radical (unpaired) electrons. The van der Waals surface area contributed by atoms with Crippen LogP contribution in [0.5, 0.6) is 0 Å². The molecule has 1 amide bonds. The molecule has 0 aliphatic rings. The van der Waals surface area contributed by atoms with E-state index in [4.69, 9.17) is 10.5 Å². The molecule has 1 aromatic heterocycles. The van der Waals surface area contributed by atoms with Crippen molar-refractivity contribution in [3.05, 3.63) is 30.1 Å². The Morgan fingerprint density at radius 1 is 1.30 bits per heavy atom. The second-order valence-corrected chi connectivity index (χ2v) is 4.89. The van der Waals surface area contributed by atoms with Crippen LogP contribution in [0.25, 0.3) is 11.4 Å². The maximum Gasteiger partial charge on any atom is 0.224 e. The summed E-state index contributed by atoms with van der Waals surface area (Å²) in [5, 5.41) is 9.72. The Morgan fingerprint density at radius 2 is 2.04 bits per heavy atom. The molecule has 23 heavy (non-hydrogen) atoms. The molecular formula is C15H22ClN5O2. The van der Waals surface area contributed by atoms with Gasteiger partial charge in [-0.1, -0.05) is 0 Å². The zero-order valence-electron chi connectivity index (χ0n) is 13.0. The van der Waals surface area contributed by atoms with E-state index in [0.29, 0.717) is 31.2 Å². The molecule has 2 aromatic rings. The summed E-state index contributed by atoms with van der Waals surface area (Å²) in [5.74, 6) is 1.24. The average Bonchev–Trinajstić information content (AvgIpc) is 3.01. The van der Waals surface area contributed by atoms with Gasteiger partial charge in [0.15, 0.2) is 5.82 Å². The van der Waals surface area contributed by atoms with Crippen LogP contribution in [0.3, 0.4) is 0 Å². The smallest absolute Gasteiger partial charge is 0.224 e. The van der Waals surface area contributed by atoms with Crippen molar-refractivity contribution >= 4 is 24.0 Å². The molecule has 4 N–H and O–H groups in total. The topological polar surface area (TPSA) is 106 Å². The number of unbranched alkanes of at least 4 members (excludes halogenated alkanes) is 1. The van der Waals surface area contributed by atoms with Crippen LogP contribution in [0.4, 0.5) is 5.69 Å². The van der Waals surface area contributed by atoms with Gasteiger partial charge in [-0.3, -0.25) is 9.89 Å². The number of nitrogens with one attached hydrogen (secondary N) is 2. The number of rotatable bonds is 8. The van der Waals surface area contributed by atoms with Crippen LogP contribution in [0.1, 0.15) is 25.1 Å². The molecule has 0 atom stereocenters. The van der Waals surface area contributed by atoms with Gasteiger partial charge in [-0.05, 0) is 37.1 Å². The van der Waals surface area contributed by atoms with Crippen molar-refractivity contribution in [2.24, 2.45) is 5.73 Å². The predicted molar refractivity (Wildman–Crippen MR) is 91.3 cm³/mol. The summed E-state index contributed by atoms with van der Waals surface area (Å²) in [5.41, 5.74) is 7.12. The first kappa shape index (κ1) is 19.1. The van der Waals surface area contributed by atoms with Gasteiger partial charge in [0, 0.05) is 31.4 Å². The van der Waals surface area contributed by atoms with Gasteiger partial charge in [0.05, 0.1) is 6.54 Å². The second-order valence-electron chi connectivity index (χ2n) is 4.89. The minimum Gasteiger partial charge on any atom is -0.385 e. The molecule has 8 heteroatoms. The number of nitrogens with two attached hydrogens (primary N) is 1. The number of hydrogen-bond acceptors (Lipinski definition) is 5. The fraction of sp³-hybridized carbons (Fsp3) is 0.400. The highest BCUT2D eigenvalue weighted by molar-refractivity contribution is 5.90. The van der Waals surface area contributed by atoms with Crippen molar-refractivity contribution in [2.45, 2.75) is 25.8 Å². The SMILES string of the molecule is COCCCCC(=O)Nc1ccc(-c2n[nH]c(CN)n2)cc1.Cl. The maximum absolute atomic E-state index is 11.8. The number of ether oxygens (including phenoxy) is 1.